The van der Waals surface area contributed by atoms with E-state index in [1.165, 1.54) is 18.2 Å². The van der Waals surface area contributed by atoms with Crippen molar-refractivity contribution >= 4 is 29.4 Å². The lowest BCUT2D eigenvalue weighted by Gasteiger charge is -2.09. The molecule has 19 heavy (non-hydrogen) atoms. The molecule has 0 bridgehead atoms. The number of carbonyl (C=O) groups excluding carboxylic acids is 2. The number of amides is 3. The van der Waals surface area contributed by atoms with Gasteiger partial charge in [-0.3, -0.25) is 10.1 Å². The lowest BCUT2D eigenvalue weighted by molar-refractivity contribution is -0.117. The van der Waals surface area contributed by atoms with E-state index < -0.39 is 17.8 Å². The summed E-state index contributed by atoms with van der Waals surface area (Å²) >= 11 is 1.07. The first-order valence-corrected chi connectivity index (χ1v) is 6.65. The fourth-order valence-electron chi connectivity index (χ4n) is 1.24. The van der Waals surface area contributed by atoms with E-state index in [1.807, 2.05) is 0 Å². The summed E-state index contributed by atoms with van der Waals surface area (Å²) in [6.07, 6.45) is 0. The molecule has 0 unspecified atom stereocenters. The second-order valence-corrected chi connectivity index (χ2v) is 5.16. The smallest absolute Gasteiger partial charge is 0.321 e. The first-order valence-electron chi connectivity index (χ1n) is 5.66. The molecule has 4 N–H and O–H groups in total. The molecule has 7 heteroatoms. The molecule has 0 atom stereocenters. The minimum Gasteiger partial charge on any atom is -0.398 e. The standard InChI is InChI=1S/C12H16FN3O2S/c1-7(2)15-12(18)16-11(17)6-19-10-5-8(13)3-4-9(10)14/h3-5,7H,6,14H2,1-2H3,(H2,15,16,17,18). The molecular formula is C12H16FN3O2S. The number of urea groups is 1. The number of benzene rings is 1. The molecule has 0 aliphatic carbocycles. The molecule has 5 nitrogen and oxygen atoms in total. The van der Waals surface area contributed by atoms with Crippen LogP contribution in [0, 0.1) is 5.82 Å². The number of rotatable bonds is 4. The van der Waals surface area contributed by atoms with Gasteiger partial charge in [0.05, 0.1) is 5.75 Å². The first kappa shape index (κ1) is 15.3. The van der Waals surface area contributed by atoms with Gasteiger partial charge in [-0.1, -0.05) is 0 Å². The zero-order chi connectivity index (χ0) is 14.4. The summed E-state index contributed by atoms with van der Waals surface area (Å²) in [5.74, 6) is -0.902. The number of nitrogen functional groups attached to an aromatic ring is 1. The van der Waals surface area contributed by atoms with Crippen molar-refractivity contribution in [3.05, 3.63) is 24.0 Å². The number of nitrogens with two attached hydrogens (primary N) is 1. The lowest BCUT2D eigenvalue weighted by Crippen LogP contribution is -2.43. The van der Waals surface area contributed by atoms with Gasteiger partial charge >= 0.3 is 6.03 Å². The maximum atomic E-state index is 13.0. The Labute approximate surface area is 115 Å². The van der Waals surface area contributed by atoms with Gasteiger partial charge in [-0.05, 0) is 32.0 Å². The third-order valence-corrected chi connectivity index (χ3v) is 3.08. The maximum Gasteiger partial charge on any atom is 0.321 e. The summed E-state index contributed by atoms with van der Waals surface area (Å²) in [4.78, 5) is 23.2. The van der Waals surface area contributed by atoms with Crippen molar-refractivity contribution in [2.75, 3.05) is 11.5 Å². The van der Waals surface area contributed by atoms with Crippen molar-refractivity contribution in [3.8, 4) is 0 Å². The zero-order valence-electron chi connectivity index (χ0n) is 10.7. The van der Waals surface area contributed by atoms with Crippen LogP contribution in [0.15, 0.2) is 23.1 Å². The largest absolute Gasteiger partial charge is 0.398 e. The normalized spacial score (nSPS) is 10.3. The topological polar surface area (TPSA) is 84.2 Å². The van der Waals surface area contributed by atoms with Crippen LogP contribution in [0.1, 0.15) is 13.8 Å². The van der Waals surface area contributed by atoms with Crippen LogP contribution in [0.4, 0.5) is 14.9 Å². The van der Waals surface area contributed by atoms with Gasteiger partial charge in [0.15, 0.2) is 0 Å². The fraction of sp³-hybridized carbons (Fsp3) is 0.333. The highest BCUT2D eigenvalue weighted by Crippen LogP contribution is 2.25. The molecule has 1 aromatic carbocycles. The van der Waals surface area contributed by atoms with Crippen LogP contribution in [0.3, 0.4) is 0 Å². The highest BCUT2D eigenvalue weighted by atomic mass is 32.2. The van der Waals surface area contributed by atoms with Gasteiger partial charge in [-0.25, -0.2) is 9.18 Å². The van der Waals surface area contributed by atoms with Crippen LogP contribution in [0.25, 0.3) is 0 Å². The van der Waals surface area contributed by atoms with Crippen LogP contribution in [0.2, 0.25) is 0 Å². The molecule has 0 aliphatic heterocycles. The minimum absolute atomic E-state index is 0.0147. The van der Waals surface area contributed by atoms with E-state index in [0.29, 0.717) is 10.6 Å². The number of nitrogens with one attached hydrogen (secondary N) is 2. The fourth-order valence-corrected chi connectivity index (χ4v) is 2.03. The molecule has 0 fully saturated rings. The maximum absolute atomic E-state index is 13.0. The predicted molar refractivity (Wildman–Crippen MR) is 73.3 cm³/mol. The third-order valence-electron chi connectivity index (χ3n) is 2.01. The summed E-state index contributed by atoms with van der Waals surface area (Å²) in [6, 6.07) is 3.32. The Balaban J connectivity index is 2.46. The Morgan fingerprint density at radius 1 is 1.42 bits per heavy atom. The van der Waals surface area contributed by atoms with Crippen molar-refractivity contribution in [1.82, 2.24) is 10.6 Å². The Bertz CT molecular complexity index is 480. The van der Waals surface area contributed by atoms with Crippen LogP contribution < -0.4 is 16.4 Å². The Morgan fingerprint density at radius 3 is 2.74 bits per heavy atom. The molecule has 0 heterocycles. The molecule has 104 valence electrons. The average Bonchev–Trinajstić information content (AvgIpc) is 2.29. The quantitative estimate of drug-likeness (QED) is 0.581. The third kappa shape index (κ3) is 5.60. The SMILES string of the molecule is CC(C)NC(=O)NC(=O)CSc1cc(F)ccc1N. The molecule has 0 saturated carbocycles. The molecule has 0 saturated heterocycles. The van der Waals surface area contributed by atoms with Crippen LogP contribution in [0.5, 0.6) is 0 Å². The number of halogens is 1. The van der Waals surface area contributed by atoms with Gasteiger partial charge in [0.25, 0.3) is 0 Å². The molecule has 1 rings (SSSR count). The average molecular weight is 285 g/mol. The highest BCUT2D eigenvalue weighted by Gasteiger charge is 2.10. The number of carbonyl (C=O) groups is 2. The van der Waals surface area contributed by atoms with E-state index in [-0.39, 0.29) is 11.8 Å². The number of thioether (sulfide) groups is 1. The number of anilines is 1. The molecular weight excluding hydrogens is 269 g/mol. The van der Waals surface area contributed by atoms with Crippen molar-refractivity contribution in [1.29, 1.82) is 0 Å². The number of hydrogen-bond acceptors (Lipinski definition) is 4. The Hall–Kier alpha value is -1.76. The van der Waals surface area contributed by atoms with Crippen molar-refractivity contribution in [2.24, 2.45) is 0 Å². The van der Waals surface area contributed by atoms with Gasteiger partial charge in [0.2, 0.25) is 5.91 Å². The van der Waals surface area contributed by atoms with Crippen molar-refractivity contribution < 1.29 is 14.0 Å². The van der Waals surface area contributed by atoms with Gasteiger partial charge in [0, 0.05) is 16.6 Å². The summed E-state index contributed by atoms with van der Waals surface area (Å²) in [7, 11) is 0. The van der Waals surface area contributed by atoms with Crippen molar-refractivity contribution in [3.63, 3.8) is 0 Å². The summed E-state index contributed by atoms with van der Waals surface area (Å²) in [5, 5.41) is 4.70. The highest BCUT2D eigenvalue weighted by molar-refractivity contribution is 8.00. The van der Waals surface area contributed by atoms with E-state index in [0.717, 1.165) is 11.8 Å². The molecule has 1 aromatic rings. The van der Waals surface area contributed by atoms with Gasteiger partial charge in [-0.2, -0.15) is 0 Å². The monoisotopic (exact) mass is 285 g/mol. The van der Waals surface area contributed by atoms with E-state index in [1.54, 1.807) is 13.8 Å². The molecule has 0 spiro atoms. The predicted octanol–water partition coefficient (Wildman–Crippen LogP) is 1.73. The van der Waals surface area contributed by atoms with E-state index in [4.69, 9.17) is 5.73 Å². The second kappa shape index (κ2) is 6.98. The second-order valence-electron chi connectivity index (χ2n) is 4.15. The van der Waals surface area contributed by atoms with E-state index in [9.17, 15) is 14.0 Å². The summed E-state index contributed by atoms with van der Waals surface area (Å²) in [5.41, 5.74) is 6.04. The molecule has 3 amide bonds. The molecule has 0 aromatic heterocycles. The Kier molecular flexibility index (Phi) is 5.62. The van der Waals surface area contributed by atoms with Crippen LogP contribution >= 0.6 is 11.8 Å². The Morgan fingerprint density at radius 2 is 2.11 bits per heavy atom. The van der Waals surface area contributed by atoms with E-state index in [2.05, 4.69) is 10.6 Å². The lowest BCUT2D eigenvalue weighted by atomic mass is 10.3. The minimum atomic E-state index is -0.548. The van der Waals surface area contributed by atoms with E-state index >= 15 is 0 Å². The van der Waals surface area contributed by atoms with Gasteiger partial charge in [0.1, 0.15) is 5.82 Å². The molecule has 0 radical (unpaired) electrons. The van der Waals surface area contributed by atoms with Gasteiger partial charge in [-0.15, -0.1) is 11.8 Å². The van der Waals surface area contributed by atoms with Crippen LogP contribution in [-0.2, 0) is 4.79 Å². The van der Waals surface area contributed by atoms with Crippen LogP contribution in [-0.4, -0.2) is 23.7 Å². The summed E-state index contributed by atoms with van der Waals surface area (Å²) < 4.78 is 13.0. The number of imide groups is 1. The van der Waals surface area contributed by atoms with Gasteiger partial charge < -0.3 is 11.1 Å². The van der Waals surface area contributed by atoms with Crippen molar-refractivity contribution in [2.45, 2.75) is 24.8 Å². The first-order chi connectivity index (χ1) is 8.88. The number of hydrogen-bond donors (Lipinski definition) is 3. The zero-order valence-corrected chi connectivity index (χ0v) is 11.5. The molecule has 0 aliphatic rings. The summed E-state index contributed by atoms with van der Waals surface area (Å²) in [6.45, 7) is 3.57.